The molecular formula is C40H38O3. The van der Waals surface area contributed by atoms with Gasteiger partial charge in [0, 0.05) is 27.5 Å². The molecule has 3 nitrogen and oxygen atoms in total. The number of methoxy groups -OCH3 is 2. The molecule has 0 saturated carbocycles. The SMILES string of the molecule is CCCC1(C)c2cc(C)ccc2-c2c1c1c(c3cc(C)ccc23)OC(c2ccc(OC)cc2)(c2ccc(OC)cc2)C=C1. The van der Waals surface area contributed by atoms with Gasteiger partial charge >= 0.3 is 0 Å². The lowest BCUT2D eigenvalue weighted by atomic mass is 9.73. The molecule has 1 aliphatic heterocycles. The third kappa shape index (κ3) is 4.01. The largest absolute Gasteiger partial charge is 0.497 e. The van der Waals surface area contributed by atoms with Gasteiger partial charge in [-0.05, 0) is 84.3 Å². The lowest BCUT2D eigenvalue weighted by Crippen LogP contribution is -2.35. The Morgan fingerprint density at radius 3 is 1.93 bits per heavy atom. The Morgan fingerprint density at radius 1 is 0.721 bits per heavy atom. The summed E-state index contributed by atoms with van der Waals surface area (Å²) in [6.45, 7) is 9.09. The third-order valence-electron chi connectivity index (χ3n) is 9.58. The fourth-order valence-corrected chi connectivity index (χ4v) is 7.49. The lowest BCUT2D eigenvalue weighted by molar-refractivity contribution is 0.163. The molecule has 43 heavy (non-hydrogen) atoms. The molecular weight excluding hydrogens is 528 g/mol. The van der Waals surface area contributed by atoms with Crippen molar-refractivity contribution in [2.75, 3.05) is 14.2 Å². The van der Waals surface area contributed by atoms with E-state index < -0.39 is 5.60 Å². The Labute approximate surface area is 254 Å². The maximum Gasteiger partial charge on any atom is 0.178 e. The maximum absolute atomic E-state index is 7.46. The van der Waals surface area contributed by atoms with Gasteiger partial charge in [-0.15, -0.1) is 0 Å². The van der Waals surface area contributed by atoms with E-state index in [1.54, 1.807) is 14.2 Å². The van der Waals surface area contributed by atoms with E-state index in [1.165, 1.54) is 44.3 Å². The minimum Gasteiger partial charge on any atom is -0.497 e. The van der Waals surface area contributed by atoms with Crippen LogP contribution in [0.25, 0.3) is 28.0 Å². The molecule has 3 heteroatoms. The summed E-state index contributed by atoms with van der Waals surface area (Å²) in [5, 5.41) is 2.40. The first-order chi connectivity index (χ1) is 20.8. The molecule has 0 N–H and O–H groups in total. The van der Waals surface area contributed by atoms with Crippen molar-refractivity contribution < 1.29 is 14.2 Å². The lowest BCUT2D eigenvalue weighted by Gasteiger charge is -2.39. The molecule has 0 aromatic heterocycles. The zero-order valence-electron chi connectivity index (χ0n) is 25.9. The Hall–Kier alpha value is -4.50. The van der Waals surface area contributed by atoms with Crippen molar-refractivity contribution in [2.24, 2.45) is 0 Å². The van der Waals surface area contributed by atoms with E-state index in [0.717, 1.165) is 46.6 Å². The van der Waals surface area contributed by atoms with Gasteiger partial charge in [0.25, 0.3) is 0 Å². The smallest absolute Gasteiger partial charge is 0.178 e. The quantitative estimate of drug-likeness (QED) is 0.205. The van der Waals surface area contributed by atoms with Crippen LogP contribution in [0.2, 0.25) is 0 Å². The van der Waals surface area contributed by atoms with Crippen molar-refractivity contribution in [1.29, 1.82) is 0 Å². The van der Waals surface area contributed by atoms with Gasteiger partial charge in [-0.1, -0.05) is 92.1 Å². The van der Waals surface area contributed by atoms with Crippen LogP contribution >= 0.6 is 0 Å². The monoisotopic (exact) mass is 566 g/mol. The molecule has 2 aliphatic rings. The fraction of sp³-hybridized carbons (Fsp3) is 0.250. The topological polar surface area (TPSA) is 27.7 Å². The highest BCUT2D eigenvalue weighted by atomic mass is 16.5. The molecule has 1 heterocycles. The van der Waals surface area contributed by atoms with Crippen LogP contribution in [-0.2, 0) is 11.0 Å². The van der Waals surface area contributed by atoms with Crippen LogP contribution < -0.4 is 14.2 Å². The maximum atomic E-state index is 7.46. The van der Waals surface area contributed by atoms with Gasteiger partial charge < -0.3 is 14.2 Å². The first-order valence-corrected chi connectivity index (χ1v) is 15.2. The summed E-state index contributed by atoms with van der Waals surface area (Å²) >= 11 is 0. The standard InChI is InChI=1S/C40H38O3/c1-7-21-39(4)35-24-26(3)9-19-32(35)36-31-18-8-25(2)23-34(31)38-33(37(36)39)20-22-40(43-38,27-10-14-29(41-5)15-11-27)28-12-16-30(42-6)17-13-28/h8-20,22-24H,7,21H2,1-6H3. The molecule has 0 spiro atoms. The van der Waals surface area contributed by atoms with Gasteiger partial charge in [-0.2, -0.15) is 0 Å². The molecule has 1 aliphatic carbocycles. The highest BCUT2D eigenvalue weighted by Gasteiger charge is 2.45. The Morgan fingerprint density at radius 2 is 1.33 bits per heavy atom. The number of fused-ring (bicyclic) bond motifs is 8. The number of rotatable bonds is 6. The summed E-state index contributed by atoms with van der Waals surface area (Å²) in [6.07, 6.45) is 6.74. The average molecular weight is 567 g/mol. The predicted molar refractivity (Wildman–Crippen MR) is 177 cm³/mol. The molecule has 216 valence electrons. The minimum absolute atomic E-state index is 0.122. The number of benzene rings is 5. The van der Waals surface area contributed by atoms with Crippen molar-refractivity contribution in [3.63, 3.8) is 0 Å². The summed E-state index contributed by atoms with van der Waals surface area (Å²) in [6, 6.07) is 30.3. The minimum atomic E-state index is -0.834. The number of hydrogen-bond acceptors (Lipinski definition) is 3. The van der Waals surface area contributed by atoms with Crippen LogP contribution in [-0.4, -0.2) is 14.2 Å². The molecule has 5 aromatic rings. The van der Waals surface area contributed by atoms with Crippen LogP contribution in [0, 0.1) is 13.8 Å². The second kappa shape index (κ2) is 10.1. The van der Waals surface area contributed by atoms with Gasteiger partial charge in [0.2, 0.25) is 0 Å². The van der Waals surface area contributed by atoms with Crippen molar-refractivity contribution in [3.8, 4) is 28.4 Å². The zero-order valence-corrected chi connectivity index (χ0v) is 25.9. The van der Waals surface area contributed by atoms with E-state index >= 15 is 0 Å². The van der Waals surface area contributed by atoms with Gasteiger partial charge in [0.05, 0.1) is 14.2 Å². The molecule has 5 aromatic carbocycles. The van der Waals surface area contributed by atoms with E-state index in [4.69, 9.17) is 14.2 Å². The highest BCUT2D eigenvalue weighted by Crippen LogP contribution is 2.59. The normalized spacial score (nSPS) is 17.6. The molecule has 0 radical (unpaired) electrons. The number of aryl methyl sites for hydroxylation is 2. The van der Waals surface area contributed by atoms with E-state index in [-0.39, 0.29) is 5.41 Å². The summed E-state index contributed by atoms with van der Waals surface area (Å²) < 4.78 is 18.5. The van der Waals surface area contributed by atoms with Crippen LogP contribution in [0.15, 0.2) is 91.0 Å². The molecule has 7 rings (SSSR count). The molecule has 0 saturated heterocycles. The van der Waals surface area contributed by atoms with E-state index in [9.17, 15) is 0 Å². The molecule has 1 atom stereocenters. The van der Waals surface area contributed by atoms with Gasteiger partial charge in [0.1, 0.15) is 17.2 Å². The van der Waals surface area contributed by atoms with E-state index in [0.29, 0.717) is 0 Å². The van der Waals surface area contributed by atoms with Crippen LogP contribution in [0.3, 0.4) is 0 Å². The van der Waals surface area contributed by atoms with Gasteiger partial charge in [0.15, 0.2) is 5.60 Å². The number of ether oxygens (including phenoxy) is 3. The third-order valence-corrected chi connectivity index (χ3v) is 9.58. The van der Waals surface area contributed by atoms with Crippen molar-refractivity contribution in [2.45, 2.75) is 51.6 Å². The summed E-state index contributed by atoms with van der Waals surface area (Å²) in [5.41, 5.74) is 10.3. The summed E-state index contributed by atoms with van der Waals surface area (Å²) in [4.78, 5) is 0. The van der Waals surface area contributed by atoms with Gasteiger partial charge in [-0.3, -0.25) is 0 Å². The Balaban J connectivity index is 1.55. The first kappa shape index (κ1) is 27.3. The predicted octanol–water partition coefficient (Wildman–Crippen LogP) is 9.91. The molecule has 1 unspecified atom stereocenters. The molecule has 0 fully saturated rings. The first-order valence-electron chi connectivity index (χ1n) is 15.2. The summed E-state index contributed by atoms with van der Waals surface area (Å²) in [7, 11) is 3.40. The highest BCUT2D eigenvalue weighted by molar-refractivity contribution is 6.08. The van der Waals surface area contributed by atoms with E-state index in [2.05, 4.69) is 101 Å². The van der Waals surface area contributed by atoms with Gasteiger partial charge in [-0.25, -0.2) is 0 Å². The Kier molecular flexibility index (Phi) is 6.39. The van der Waals surface area contributed by atoms with Crippen molar-refractivity contribution >= 4 is 16.8 Å². The molecule has 0 bridgehead atoms. The van der Waals surface area contributed by atoms with Crippen molar-refractivity contribution in [1.82, 2.24) is 0 Å². The van der Waals surface area contributed by atoms with Crippen LogP contribution in [0.1, 0.15) is 65.6 Å². The van der Waals surface area contributed by atoms with Crippen LogP contribution in [0.4, 0.5) is 0 Å². The number of hydrogen-bond donors (Lipinski definition) is 0. The van der Waals surface area contributed by atoms with Crippen LogP contribution in [0.5, 0.6) is 17.2 Å². The summed E-state index contributed by atoms with van der Waals surface area (Å²) in [5.74, 6) is 2.57. The molecule has 0 amide bonds. The average Bonchev–Trinajstić information content (AvgIpc) is 3.28. The van der Waals surface area contributed by atoms with Crippen molar-refractivity contribution in [3.05, 3.63) is 130 Å². The van der Waals surface area contributed by atoms with E-state index in [1.807, 2.05) is 24.3 Å². The second-order valence-electron chi connectivity index (χ2n) is 12.3. The zero-order chi connectivity index (χ0) is 29.9. The fourth-order valence-electron chi connectivity index (χ4n) is 7.49. The second-order valence-corrected chi connectivity index (χ2v) is 12.3. The Bertz CT molecular complexity index is 1850.